The predicted octanol–water partition coefficient (Wildman–Crippen LogP) is 3.97. The quantitative estimate of drug-likeness (QED) is 0.774. The summed E-state index contributed by atoms with van der Waals surface area (Å²) in [5, 5.41) is 12.8. The molecular weight excluding hydrogens is 250 g/mol. The Morgan fingerprint density at radius 2 is 1.55 bits per heavy atom. The Hall–Kier alpha value is -0.570. The fourth-order valence-electron chi connectivity index (χ4n) is 3.95. The molecule has 0 atom stereocenters. The van der Waals surface area contributed by atoms with Crippen LogP contribution in [0.5, 0.6) is 0 Å². The zero-order valence-corrected chi connectivity index (χ0v) is 12.9. The maximum atomic E-state index is 11.0. The zero-order chi connectivity index (χ0) is 14.4. The molecule has 3 nitrogen and oxygen atoms in total. The van der Waals surface area contributed by atoms with Gasteiger partial charge in [-0.25, -0.2) is 0 Å². The smallest absolute Gasteiger partial charge is 0.306 e. The molecule has 0 unspecified atom stereocenters. The van der Waals surface area contributed by atoms with Gasteiger partial charge in [-0.05, 0) is 57.3 Å². The highest BCUT2D eigenvalue weighted by Crippen LogP contribution is 2.30. The summed E-state index contributed by atoms with van der Waals surface area (Å²) in [6, 6.07) is 1.27. The molecule has 2 aliphatic rings. The van der Waals surface area contributed by atoms with Crippen LogP contribution in [0.1, 0.15) is 77.6 Å². The van der Waals surface area contributed by atoms with E-state index >= 15 is 0 Å². The molecule has 116 valence electrons. The van der Waals surface area contributed by atoms with Crippen molar-refractivity contribution in [1.29, 1.82) is 0 Å². The first-order valence-corrected chi connectivity index (χ1v) is 8.68. The molecule has 20 heavy (non-hydrogen) atoms. The SMILES string of the molecule is CCCCC1CCC(NC2CCC(C(=O)O)CC2)CC1. The van der Waals surface area contributed by atoms with Crippen LogP contribution in [0.25, 0.3) is 0 Å². The third kappa shape index (κ3) is 4.76. The molecule has 0 heterocycles. The monoisotopic (exact) mass is 281 g/mol. The molecule has 2 rings (SSSR count). The minimum absolute atomic E-state index is 0.0853. The second kappa shape index (κ2) is 8.02. The lowest BCUT2D eigenvalue weighted by molar-refractivity contribution is -0.142. The second-order valence-electron chi connectivity index (χ2n) is 6.91. The molecule has 0 spiro atoms. The molecule has 2 aliphatic carbocycles. The van der Waals surface area contributed by atoms with Crippen molar-refractivity contribution in [2.45, 2.75) is 89.6 Å². The molecule has 0 aliphatic heterocycles. The average Bonchev–Trinajstić information content (AvgIpc) is 2.47. The first-order valence-electron chi connectivity index (χ1n) is 8.68. The predicted molar refractivity (Wildman–Crippen MR) is 81.8 cm³/mol. The molecule has 2 saturated carbocycles. The van der Waals surface area contributed by atoms with Crippen LogP contribution in [0.15, 0.2) is 0 Å². The number of aliphatic carboxylic acids is 1. The van der Waals surface area contributed by atoms with E-state index in [2.05, 4.69) is 12.2 Å². The highest BCUT2D eigenvalue weighted by molar-refractivity contribution is 5.70. The number of carboxylic acid groups (broad SMARTS) is 1. The maximum absolute atomic E-state index is 11.0. The molecule has 0 aromatic rings. The zero-order valence-electron chi connectivity index (χ0n) is 12.9. The first-order chi connectivity index (χ1) is 9.69. The van der Waals surface area contributed by atoms with Crippen LogP contribution in [-0.2, 0) is 4.79 Å². The third-order valence-electron chi connectivity index (χ3n) is 5.36. The van der Waals surface area contributed by atoms with E-state index in [4.69, 9.17) is 5.11 Å². The van der Waals surface area contributed by atoms with Gasteiger partial charge in [0.25, 0.3) is 0 Å². The number of hydrogen-bond donors (Lipinski definition) is 2. The van der Waals surface area contributed by atoms with Crippen molar-refractivity contribution in [2.24, 2.45) is 11.8 Å². The lowest BCUT2D eigenvalue weighted by Crippen LogP contribution is -2.42. The largest absolute Gasteiger partial charge is 0.481 e. The van der Waals surface area contributed by atoms with E-state index in [0.29, 0.717) is 12.1 Å². The number of rotatable bonds is 6. The summed E-state index contributed by atoms with van der Waals surface area (Å²) in [6.07, 6.45) is 13.4. The summed E-state index contributed by atoms with van der Waals surface area (Å²) in [7, 11) is 0. The van der Waals surface area contributed by atoms with Gasteiger partial charge in [0.15, 0.2) is 0 Å². The number of hydrogen-bond acceptors (Lipinski definition) is 2. The van der Waals surface area contributed by atoms with Gasteiger partial charge in [0.1, 0.15) is 0 Å². The van der Waals surface area contributed by atoms with Crippen molar-refractivity contribution in [1.82, 2.24) is 5.32 Å². The Kier molecular flexibility index (Phi) is 6.34. The highest BCUT2D eigenvalue weighted by atomic mass is 16.4. The molecule has 0 aromatic heterocycles. The van der Waals surface area contributed by atoms with Gasteiger partial charge in [-0.2, -0.15) is 0 Å². The summed E-state index contributed by atoms with van der Waals surface area (Å²) in [6.45, 7) is 2.28. The van der Waals surface area contributed by atoms with Crippen molar-refractivity contribution < 1.29 is 9.90 Å². The van der Waals surface area contributed by atoms with Gasteiger partial charge < -0.3 is 10.4 Å². The number of carbonyl (C=O) groups is 1. The van der Waals surface area contributed by atoms with Crippen LogP contribution in [0.4, 0.5) is 0 Å². The van der Waals surface area contributed by atoms with Crippen LogP contribution < -0.4 is 5.32 Å². The maximum Gasteiger partial charge on any atom is 0.306 e. The van der Waals surface area contributed by atoms with Crippen molar-refractivity contribution >= 4 is 5.97 Å². The molecule has 0 amide bonds. The van der Waals surface area contributed by atoms with Gasteiger partial charge in [0.05, 0.1) is 5.92 Å². The average molecular weight is 281 g/mol. The van der Waals surface area contributed by atoms with Crippen LogP contribution in [0.2, 0.25) is 0 Å². The topological polar surface area (TPSA) is 49.3 Å². The van der Waals surface area contributed by atoms with Crippen molar-refractivity contribution in [3.8, 4) is 0 Å². The van der Waals surface area contributed by atoms with E-state index in [1.54, 1.807) is 0 Å². The van der Waals surface area contributed by atoms with Crippen LogP contribution in [0.3, 0.4) is 0 Å². The van der Waals surface area contributed by atoms with E-state index in [9.17, 15) is 4.79 Å². The molecule has 3 heteroatoms. The number of unbranched alkanes of at least 4 members (excludes halogenated alkanes) is 1. The lowest BCUT2D eigenvalue weighted by atomic mass is 9.81. The Balaban J connectivity index is 1.63. The van der Waals surface area contributed by atoms with Gasteiger partial charge >= 0.3 is 5.97 Å². The normalized spacial score (nSPS) is 34.9. The minimum Gasteiger partial charge on any atom is -0.481 e. The van der Waals surface area contributed by atoms with E-state index in [0.717, 1.165) is 31.6 Å². The van der Waals surface area contributed by atoms with Gasteiger partial charge in [0, 0.05) is 12.1 Å². The highest BCUT2D eigenvalue weighted by Gasteiger charge is 2.28. The Bertz CT molecular complexity index is 289. The summed E-state index contributed by atoms with van der Waals surface area (Å²) in [5.41, 5.74) is 0. The fourth-order valence-corrected chi connectivity index (χ4v) is 3.95. The fraction of sp³-hybridized carbons (Fsp3) is 0.941. The van der Waals surface area contributed by atoms with E-state index in [-0.39, 0.29) is 5.92 Å². The number of carboxylic acids is 1. The Morgan fingerprint density at radius 1 is 1.00 bits per heavy atom. The lowest BCUT2D eigenvalue weighted by Gasteiger charge is -2.34. The van der Waals surface area contributed by atoms with E-state index < -0.39 is 5.97 Å². The summed E-state index contributed by atoms with van der Waals surface area (Å²) in [5.74, 6) is 0.286. The van der Waals surface area contributed by atoms with Crippen molar-refractivity contribution in [3.05, 3.63) is 0 Å². The first kappa shape index (κ1) is 15.8. The van der Waals surface area contributed by atoms with Gasteiger partial charge in [-0.15, -0.1) is 0 Å². The van der Waals surface area contributed by atoms with Crippen molar-refractivity contribution in [2.75, 3.05) is 0 Å². The van der Waals surface area contributed by atoms with Crippen LogP contribution >= 0.6 is 0 Å². The van der Waals surface area contributed by atoms with Gasteiger partial charge in [-0.1, -0.05) is 26.2 Å². The third-order valence-corrected chi connectivity index (χ3v) is 5.36. The molecule has 0 aromatic carbocycles. The Labute approximate surface area is 123 Å². The second-order valence-corrected chi connectivity index (χ2v) is 6.91. The summed E-state index contributed by atoms with van der Waals surface area (Å²) < 4.78 is 0. The van der Waals surface area contributed by atoms with Gasteiger partial charge in [-0.3, -0.25) is 4.79 Å². The molecule has 2 fully saturated rings. The van der Waals surface area contributed by atoms with Crippen molar-refractivity contribution in [3.63, 3.8) is 0 Å². The van der Waals surface area contributed by atoms with E-state index in [1.165, 1.54) is 44.9 Å². The Morgan fingerprint density at radius 3 is 2.05 bits per heavy atom. The van der Waals surface area contributed by atoms with Crippen LogP contribution in [0, 0.1) is 11.8 Å². The standard InChI is InChI=1S/C17H31NO2/c1-2-3-4-13-5-9-15(10-6-13)18-16-11-7-14(8-12-16)17(19)20/h13-16,18H,2-12H2,1H3,(H,19,20). The van der Waals surface area contributed by atoms with Gasteiger partial charge in [0.2, 0.25) is 0 Å². The minimum atomic E-state index is -0.597. The summed E-state index contributed by atoms with van der Waals surface area (Å²) >= 11 is 0. The molecular formula is C17H31NO2. The van der Waals surface area contributed by atoms with E-state index in [1.807, 2.05) is 0 Å². The molecule has 0 radical (unpaired) electrons. The number of nitrogens with one attached hydrogen (secondary N) is 1. The molecule has 2 N–H and O–H groups in total. The molecule has 0 saturated heterocycles. The summed E-state index contributed by atoms with van der Waals surface area (Å²) in [4.78, 5) is 11.0. The van der Waals surface area contributed by atoms with Crippen LogP contribution in [-0.4, -0.2) is 23.2 Å². The molecule has 0 bridgehead atoms.